The fourth-order valence-corrected chi connectivity index (χ4v) is 1.70. The summed E-state index contributed by atoms with van der Waals surface area (Å²) in [5.74, 6) is 1.45. The maximum absolute atomic E-state index is 5.48. The summed E-state index contributed by atoms with van der Waals surface area (Å²) in [7, 11) is 1.70. The molecule has 0 saturated heterocycles. The lowest BCUT2D eigenvalue weighted by molar-refractivity contribution is 0.0665. The molecule has 0 spiro atoms. The first kappa shape index (κ1) is 17.9. The first-order valence-corrected chi connectivity index (χ1v) is 7.18. The normalized spacial score (nSPS) is 15.7. The van der Waals surface area contributed by atoms with Gasteiger partial charge in [0.1, 0.15) is 0 Å². The van der Waals surface area contributed by atoms with Gasteiger partial charge in [-0.3, -0.25) is 0 Å². The van der Waals surface area contributed by atoms with Crippen LogP contribution in [-0.4, -0.2) is 39.0 Å². The molecule has 0 fully saturated rings. The van der Waals surface area contributed by atoms with Crippen molar-refractivity contribution in [2.75, 3.05) is 33.5 Å². The van der Waals surface area contributed by atoms with Crippen LogP contribution in [0.15, 0.2) is 0 Å². The van der Waals surface area contributed by atoms with E-state index in [1.807, 2.05) is 0 Å². The molecular weight excluding hydrogens is 226 g/mol. The fraction of sp³-hybridized carbons (Fsp3) is 1.00. The van der Waals surface area contributed by atoms with Crippen molar-refractivity contribution in [3.8, 4) is 0 Å². The molecule has 0 saturated carbocycles. The van der Waals surface area contributed by atoms with Crippen LogP contribution >= 0.6 is 0 Å². The van der Waals surface area contributed by atoms with E-state index in [1.165, 1.54) is 6.42 Å². The van der Waals surface area contributed by atoms with Gasteiger partial charge in [0.2, 0.25) is 0 Å². The minimum atomic E-state index is 0.219. The van der Waals surface area contributed by atoms with E-state index in [0.717, 1.165) is 25.5 Å². The second-order valence-corrected chi connectivity index (χ2v) is 6.33. The predicted molar refractivity (Wildman–Crippen MR) is 78.0 cm³/mol. The molecule has 0 aliphatic heterocycles. The molecule has 0 aromatic heterocycles. The number of methoxy groups -OCH3 is 1. The van der Waals surface area contributed by atoms with Gasteiger partial charge in [0.05, 0.1) is 13.2 Å². The lowest BCUT2D eigenvalue weighted by Gasteiger charge is -2.26. The van der Waals surface area contributed by atoms with Gasteiger partial charge in [0, 0.05) is 19.3 Å². The molecule has 0 rings (SSSR count). The van der Waals surface area contributed by atoms with Crippen molar-refractivity contribution in [2.45, 2.75) is 53.0 Å². The lowest BCUT2D eigenvalue weighted by Crippen LogP contribution is -2.39. The Balaban J connectivity index is 3.53. The van der Waals surface area contributed by atoms with Crippen LogP contribution in [0.5, 0.6) is 0 Å². The minimum Gasteiger partial charge on any atom is -0.382 e. The maximum atomic E-state index is 5.48. The van der Waals surface area contributed by atoms with Gasteiger partial charge in [-0.15, -0.1) is 0 Å². The Hall–Kier alpha value is -0.120. The molecule has 0 radical (unpaired) electrons. The molecule has 3 heteroatoms. The summed E-state index contributed by atoms with van der Waals surface area (Å²) in [6.45, 7) is 14.7. The Morgan fingerprint density at radius 1 is 1.00 bits per heavy atom. The van der Waals surface area contributed by atoms with Crippen molar-refractivity contribution >= 4 is 0 Å². The standard InChI is InChI=1S/C15H33NO2/c1-13(8-7-9-18-11-10-17-6)14(2)12-16-15(3,4)5/h13-14,16H,7-12H2,1-6H3. The number of rotatable bonds is 10. The van der Waals surface area contributed by atoms with Gasteiger partial charge >= 0.3 is 0 Å². The summed E-state index contributed by atoms with van der Waals surface area (Å²) in [5.41, 5.74) is 0.219. The highest BCUT2D eigenvalue weighted by molar-refractivity contribution is 4.73. The van der Waals surface area contributed by atoms with Gasteiger partial charge in [-0.2, -0.15) is 0 Å². The van der Waals surface area contributed by atoms with Gasteiger partial charge in [0.25, 0.3) is 0 Å². The number of hydrogen-bond acceptors (Lipinski definition) is 3. The van der Waals surface area contributed by atoms with Crippen molar-refractivity contribution < 1.29 is 9.47 Å². The quantitative estimate of drug-likeness (QED) is 0.612. The molecule has 0 bridgehead atoms. The highest BCUT2D eigenvalue weighted by Crippen LogP contribution is 2.17. The molecule has 0 aromatic rings. The van der Waals surface area contributed by atoms with Gasteiger partial charge in [-0.05, 0) is 52.0 Å². The van der Waals surface area contributed by atoms with E-state index < -0.39 is 0 Å². The third-order valence-corrected chi connectivity index (χ3v) is 3.31. The van der Waals surface area contributed by atoms with Gasteiger partial charge in [0.15, 0.2) is 0 Å². The molecule has 18 heavy (non-hydrogen) atoms. The van der Waals surface area contributed by atoms with Gasteiger partial charge < -0.3 is 14.8 Å². The highest BCUT2D eigenvalue weighted by atomic mass is 16.5. The largest absolute Gasteiger partial charge is 0.382 e. The first-order chi connectivity index (χ1) is 8.37. The monoisotopic (exact) mass is 259 g/mol. The third-order valence-electron chi connectivity index (χ3n) is 3.31. The van der Waals surface area contributed by atoms with Crippen LogP contribution in [0.4, 0.5) is 0 Å². The second kappa shape index (κ2) is 9.76. The number of ether oxygens (including phenoxy) is 2. The molecular formula is C15H33NO2. The topological polar surface area (TPSA) is 30.5 Å². The molecule has 110 valence electrons. The van der Waals surface area contributed by atoms with Crippen LogP contribution < -0.4 is 5.32 Å². The number of hydrogen-bond donors (Lipinski definition) is 1. The third kappa shape index (κ3) is 11.0. The van der Waals surface area contributed by atoms with E-state index in [0.29, 0.717) is 19.1 Å². The van der Waals surface area contributed by atoms with Crippen LogP contribution in [0.3, 0.4) is 0 Å². The zero-order valence-corrected chi connectivity index (χ0v) is 13.2. The van der Waals surface area contributed by atoms with E-state index in [1.54, 1.807) is 7.11 Å². The summed E-state index contributed by atoms with van der Waals surface area (Å²) in [6, 6.07) is 0. The summed E-state index contributed by atoms with van der Waals surface area (Å²) in [4.78, 5) is 0. The van der Waals surface area contributed by atoms with Crippen molar-refractivity contribution in [1.82, 2.24) is 5.32 Å². The van der Waals surface area contributed by atoms with E-state index in [2.05, 4.69) is 39.9 Å². The van der Waals surface area contributed by atoms with Crippen molar-refractivity contribution in [2.24, 2.45) is 11.8 Å². The summed E-state index contributed by atoms with van der Waals surface area (Å²) in [6.07, 6.45) is 2.38. The van der Waals surface area contributed by atoms with Crippen molar-refractivity contribution in [3.63, 3.8) is 0 Å². The van der Waals surface area contributed by atoms with Crippen LogP contribution in [0.2, 0.25) is 0 Å². The second-order valence-electron chi connectivity index (χ2n) is 6.33. The fourth-order valence-electron chi connectivity index (χ4n) is 1.70. The molecule has 0 amide bonds. The summed E-state index contributed by atoms with van der Waals surface area (Å²) in [5, 5.41) is 3.57. The van der Waals surface area contributed by atoms with Gasteiger partial charge in [-0.25, -0.2) is 0 Å². The molecule has 0 aliphatic carbocycles. The smallest absolute Gasteiger partial charge is 0.0700 e. The average Bonchev–Trinajstić information content (AvgIpc) is 2.29. The lowest BCUT2D eigenvalue weighted by atomic mass is 9.91. The zero-order valence-electron chi connectivity index (χ0n) is 13.2. The Morgan fingerprint density at radius 3 is 2.22 bits per heavy atom. The summed E-state index contributed by atoms with van der Waals surface area (Å²) >= 11 is 0. The minimum absolute atomic E-state index is 0.219. The maximum Gasteiger partial charge on any atom is 0.0700 e. The molecule has 3 nitrogen and oxygen atoms in total. The van der Waals surface area contributed by atoms with Gasteiger partial charge in [-0.1, -0.05) is 13.8 Å². The average molecular weight is 259 g/mol. The van der Waals surface area contributed by atoms with E-state index in [4.69, 9.17) is 9.47 Å². The SMILES string of the molecule is COCCOCCCC(C)C(C)CNC(C)(C)C. The Kier molecular flexibility index (Phi) is 9.70. The Bertz CT molecular complexity index is 189. The molecule has 0 aliphatic rings. The van der Waals surface area contributed by atoms with Crippen LogP contribution in [0.1, 0.15) is 47.5 Å². The molecule has 1 N–H and O–H groups in total. The molecule has 2 unspecified atom stereocenters. The zero-order chi connectivity index (χ0) is 14.0. The van der Waals surface area contributed by atoms with Crippen molar-refractivity contribution in [3.05, 3.63) is 0 Å². The molecule has 0 aromatic carbocycles. The predicted octanol–water partition coefficient (Wildman–Crippen LogP) is 3.09. The Morgan fingerprint density at radius 2 is 1.67 bits per heavy atom. The summed E-state index contributed by atoms with van der Waals surface area (Å²) < 4.78 is 10.4. The van der Waals surface area contributed by atoms with Crippen LogP contribution in [0.25, 0.3) is 0 Å². The van der Waals surface area contributed by atoms with Crippen LogP contribution in [-0.2, 0) is 9.47 Å². The van der Waals surface area contributed by atoms with E-state index in [9.17, 15) is 0 Å². The Labute approximate surface area is 114 Å². The highest BCUT2D eigenvalue weighted by Gasteiger charge is 2.15. The van der Waals surface area contributed by atoms with Crippen molar-refractivity contribution in [1.29, 1.82) is 0 Å². The van der Waals surface area contributed by atoms with Crippen LogP contribution in [0, 0.1) is 11.8 Å². The van der Waals surface area contributed by atoms with E-state index >= 15 is 0 Å². The van der Waals surface area contributed by atoms with E-state index in [-0.39, 0.29) is 5.54 Å². The molecule has 0 heterocycles. The first-order valence-electron chi connectivity index (χ1n) is 7.18. The molecule has 2 atom stereocenters. The number of nitrogens with one attached hydrogen (secondary N) is 1.